The van der Waals surface area contributed by atoms with E-state index in [1.807, 2.05) is 0 Å². The molecule has 9 atom stereocenters. The van der Waals surface area contributed by atoms with E-state index in [-0.39, 0.29) is 56.4 Å². The maximum Gasteiger partial charge on any atom is 0.392 e. The van der Waals surface area contributed by atoms with E-state index in [0.717, 1.165) is 12.5 Å². The Labute approximate surface area is 253 Å². The molecular weight excluding hydrogens is 607 g/mol. The maximum atomic E-state index is 13.0. The van der Waals surface area contributed by atoms with Gasteiger partial charge in [0.15, 0.2) is 12.1 Å². The average molecular weight is 651 g/mol. The van der Waals surface area contributed by atoms with Crippen molar-refractivity contribution in [2.45, 2.75) is 74.7 Å². The van der Waals surface area contributed by atoms with Gasteiger partial charge >= 0.3 is 13.6 Å². The molecule has 20 heteroatoms. The Bertz CT molecular complexity index is 1120. The van der Waals surface area contributed by atoms with Crippen LogP contribution in [0.15, 0.2) is 16.6 Å². The van der Waals surface area contributed by atoms with Gasteiger partial charge in [0, 0.05) is 32.5 Å². The molecule has 2 fully saturated rings. The molecule has 2 saturated heterocycles. The molecule has 0 aromatic carbocycles. The normalized spacial score (nSPS) is 28.7. The Hall–Kier alpha value is -3.03. The minimum absolute atomic E-state index is 0.0175. The van der Waals surface area contributed by atoms with Crippen molar-refractivity contribution in [1.82, 2.24) is 26.6 Å². The molecule has 0 radical (unpaired) electrons. The molecule has 3 rings (SSSR count). The summed E-state index contributed by atoms with van der Waals surface area (Å²) >= 11 is 0. The summed E-state index contributed by atoms with van der Waals surface area (Å²) in [6.45, 7) is 0.809. The van der Waals surface area contributed by atoms with E-state index >= 15 is 0 Å². The molecule has 0 aliphatic carbocycles. The lowest BCUT2D eigenvalue weighted by Gasteiger charge is -2.39. The van der Waals surface area contributed by atoms with Crippen LogP contribution in [0.4, 0.5) is 4.79 Å². The number of guanidine groups is 1. The number of aliphatic hydroxyl groups is 3. The molecule has 0 aromatic heterocycles. The number of nitrogens with zero attached hydrogens (tertiary/aromatic N) is 1. The van der Waals surface area contributed by atoms with Crippen molar-refractivity contribution >= 4 is 31.4 Å². The maximum absolute atomic E-state index is 13.0. The lowest BCUT2D eigenvalue weighted by atomic mass is 9.93. The minimum Gasteiger partial charge on any atom is -0.478 e. The van der Waals surface area contributed by atoms with Gasteiger partial charge in [0.25, 0.3) is 0 Å². The first-order valence-corrected chi connectivity index (χ1v) is 15.7. The molecule has 3 heterocycles. The second-order valence-corrected chi connectivity index (χ2v) is 12.3. The number of hydrogen-bond donors (Lipinski definition) is 11. The first-order valence-electron chi connectivity index (χ1n) is 14.2. The lowest BCUT2D eigenvalue weighted by molar-refractivity contribution is -0.125. The summed E-state index contributed by atoms with van der Waals surface area (Å²) in [5.41, 5.74) is 10.3. The van der Waals surface area contributed by atoms with Gasteiger partial charge < -0.3 is 72.3 Å². The van der Waals surface area contributed by atoms with E-state index < -0.39 is 62.0 Å². The van der Waals surface area contributed by atoms with E-state index in [9.17, 15) is 39.2 Å². The number of aliphatic hydroxyl groups excluding tert-OH is 3. The van der Waals surface area contributed by atoms with Gasteiger partial charge in [-0.3, -0.25) is 14.2 Å². The van der Waals surface area contributed by atoms with Gasteiger partial charge in [-0.05, 0) is 18.9 Å². The molecule has 0 saturated carbocycles. The zero-order valence-corrected chi connectivity index (χ0v) is 25.2. The van der Waals surface area contributed by atoms with Crippen molar-refractivity contribution in [3.05, 3.63) is 11.6 Å². The number of carbonyl (C=O) groups is 3. The first-order chi connectivity index (χ1) is 20.8. The molecule has 0 bridgehead atoms. The molecule has 4 amide bonds. The highest BCUT2D eigenvalue weighted by Crippen LogP contribution is 2.53. The fourth-order valence-electron chi connectivity index (χ4n) is 5.17. The second kappa shape index (κ2) is 16.3. The summed E-state index contributed by atoms with van der Waals surface area (Å²) in [6, 6.07) is -2.38. The van der Waals surface area contributed by atoms with Gasteiger partial charge in [-0.1, -0.05) is 0 Å². The van der Waals surface area contributed by atoms with Crippen molar-refractivity contribution in [1.29, 1.82) is 0 Å². The van der Waals surface area contributed by atoms with Gasteiger partial charge in [0.05, 0.1) is 50.6 Å². The molecule has 44 heavy (non-hydrogen) atoms. The van der Waals surface area contributed by atoms with E-state index in [4.69, 9.17) is 25.5 Å². The van der Waals surface area contributed by atoms with E-state index in [0.29, 0.717) is 19.4 Å². The third-order valence-electron chi connectivity index (χ3n) is 7.22. The van der Waals surface area contributed by atoms with Gasteiger partial charge in [0.2, 0.25) is 17.3 Å². The number of aliphatic imine (C=N–C) groups is 1. The van der Waals surface area contributed by atoms with Crippen LogP contribution in [0.5, 0.6) is 0 Å². The van der Waals surface area contributed by atoms with Crippen molar-refractivity contribution in [2.24, 2.45) is 16.5 Å². The summed E-state index contributed by atoms with van der Waals surface area (Å²) in [7, 11) is -4.69. The van der Waals surface area contributed by atoms with Crippen molar-refractivity contribution in [3.8, 4) is 0 Å². The van der Waals surface area contributed by atoms with Crippen LogP contribution in [0.2, 0.25) is 0 Å². The van der Waals surface area contributed by atoms with Gasteiger partial charge in [-0.15, -0.1) is 0 Å². The smallest absolute Gasteiger partial charge is 0.392 e. The number of nitrogens with two attached hydrogens (primary N) is 2. The monoisotopic (exact) mass is 650 g/mol. The summed E-state index contributed by atoms with van der Waals surface area (Å²) in [6.07, 6.45) is -2.39. The number of hydrogen-bond acceptors (Lipinski definition) is 12. The fraction of sp³-hybridized carbons (Fsp3) is 0.750. The topological polar surface area (TPSA) is 301 Å². The van der Waals surface area contributed by atoms with Crippen molar-refractivity contribution in [3.63, 3.8) is 0 Å². The number of fused-ring (bicyclic) bond motifs is 1. The number of nitrogens with one attached hydrogen (secondary N) is 5. The Morgan fingerprint density at radius 1 is 1.25 bits per heavy atom. The summed E-state index contributed by atoms with van der Waals surface area (Å²) in [5, 5.41) is 44.0. The second-order valence-electron chi connectivity index (χ2n) is 10.6. The molecule has 19 nitrogen and oxygen atoms in total. The molecular formula is C24H43N8O11P. The molecule has 250 valence electrons. The number of amides is 4. The molecule has 0 spiro atoms. The predicted molar refractivity (Wildman–Crippen MR) is 154 cm³/mol. The van der Waals surface area contributed by atoms with Crippen LogP contribution in [-0.2, 0) is 28.2 Å². The number of rotatable bonds is 17. The zero-order chi connectivity index (χ0) is 32.4. The molecule has 0 aromatic rings. The highest BCUT2D eigenvalue weighted by atomic mass is 31.2. The van der Waals surface area contributed by atoms with E-state index in [1.165, 1.54) is 6.92 Å². The third kappa shape index (κ3) is 10.00. The standard InChI is InChI=1S/C24H43N8O11P/c1-12(34)29-20-14(30-23(25)26)9-18(43-22(20)21(37)16(35)11-33)44(39,40)42-8-7-41-6-5-27-17(36)4-2-3-13-19-15(10-28-13)31-24(38)32-19/h9,13-16,19-22,28,33,35,37H,2-8,10-11H2,1H3,(H,27,36)(H,29,34)(H,39,40)(H4,25,26,30)(H2,31,32,38)/t13-,14-,15-,16+,19+,20+,21+,22?/m0/s1. The molecule has 3 aliphatic rings. The Morgan fingerprint density at radius 3 is 2.68 bits per heavy atom. The highest BCUT2D eigenvalue weighted by Gasteiger charge is 2.46. The number of urea groups is 1. The molecule has 3 aliphatic heterocycles. The predicted octanol–water partition coefficient (Wildman–Crippen LogP) is -4.39. The van der Waals surface area contributed by atoms with Crippen molar-refractivity contribution < 1.29 is 53.2 Å². The van der Waals surface area contributed by atoms with Crippen LogP contribution in [-0.4, -0.2) is 132 Å². The van der Waals surface area contributed by atoms with Crippen LogP contribution in [0, 0.1) is 0 Å². The minimum atomic E-state index is -4.69. The van der Waals surface area contributed by atoms with Gasteiger partial charge in [-0.2, -0.15) is 0 Å². The largest absolute Gasteiger partial charge is 0.478 e. The SMILES string of the molecule is CC(=O)N[C@H]1C([C@H](O)[C@H](O)CO)OC(P(=O)(O)OCCOCCNC(=O)CCC[C@@H]2NC[C@@H]3NC(=O)N[C@H]23)=C[C@@H]1N=C(N)N. The number of ether oxygens (including phenoxy) is 2. The fourth-order valence-corrected chi connectivity index (χ4v) is 6.22. The van der Waals surface area contributed by atoms with Crippen LogP contribution in [0.25, 0.3) is 0 Å². The summed E-state index contributed by atoms with van der Waals surface area (Å²) in [4.78, 5) is 49.8. The van der Waals surface area contributed by atoms with Crippen LogP contribution >= 0.6 is 7.60 Å². The van der Waals surface area contributed by atoms with Gasteiger partial charge in [0.1, 0.15) is 12.2 Å². The van der Waals surface area contributed by atoms with Crippen LogP contribution < -0.4 is 38.1 Å². The van der Waals surface area contributed by atoms with E-state index in [1.54, 1.807) is 0 Å². The molecule has 13 N–H and O–H groups in total. The zero-order valence-electron chi connectivity index (χ0n) is 24.3. The Morgan fingerprint density at radius 2 is 2.00 bits per heavy atom. The summed E-state index contributed by atoms with van der Waals surface area (Å²) in [5.74, 6) is -1.17. The Balaban J connectivity index is 1.42. The first kappa shape index (κ1) is 35.4. The highest BCUT2D eigenvalue weighted by molar-refractivity contribution is 7.57. The van der Waals surface area contributed by atoms with Gasteiger partial charge in [-0.25, -0.2) is 9.79 Å². The lowest BCUT2D eigenvalue weighted by Crippen LogP contribution is -2.59. The average Bonchev–Trinajstić information content (AvgIpc) is 3.51. The van der Waals surface area contributed by atoms with E-state index in [2.05, 4.69) is 31.6 Å². The molecule has 2 unspecified atom stereocenters. The summed E-state index contributed by atoms with van der Waals surface area (Å²) < 4.78 is 28.9. The quantitative estimate of drug-likeness (QED) is 0.0307. The third-order valence-corrected chi connectivity index (χ3v) is 8.56. The Kier molecular flexibility index (Phi) is 13.2. The van der Waals surface area contributed by atoms with Crippen LogP contribution in [0.3, 0.4) is 0 Å². The number of carbonyl (C=O) groups excluding carboxylic acids is 3. The van der Waals surface area contributed by atoms with Crippen molar-refractivity contribution in [2.75, 3.05) is 39.5 Å². The van der Waals surface area contributed by atoms with Crippen LogP contribution in [0.1, 0.15) is 26.2 Å².